The normalized spacial score (nSPS) is 12.9. The van der Waals surface area contributed by atoms with Crippen molar-refractivity contribution in [1.82, 2.24) is 15.8 Å². The molecule has 2 aromatic carbocycles. The molecule has 0 spiro atoms. The Hall–Kier alpha value is -3.68. The van der Waals surface area contributed by atoms with Crippen molar-refractivity contribution < 1.29 is 18.4 Å². The summed E-state index contributed by atoms with van der Waals surface area (Å²) in [5.74, 6) is -0.420. The van der Waals surface area contributed by atoms with E-state index in [1.54, 1.807) is 18.2 Å². The van der Waals surface area contributed by atoms with Gasteiger partial charge >= 0.3 is 0 Å². The maximum absolute atomic E-state index is 13.8. The topological polar surface area (TPSA) is 87.5 Å². The van der Waals surface area contributed by atoms with Crippen LogP contribution in [-0.2, 0) is 22.4 Å². The molecule has 1 aromatic heterocycles. The van der Waals surface area contributed by atoms with Gasteiger partial charge in [-0.25, -0.2) is 9.37 Å². The highest BCUT2D eigenvalue weighted by Crippen LogP contribution is 2.26. The second-order valence-corrected chi connectivity index (χ2v) is 7.35. The molecule has 2 heterocycles. The highest BCUT2D eigenvalue weighted by Gasteiger charge is 2.19. The molecule has 7 nitrogen and oxygen atoms in total. The lowest BCUT2D eigenvalue weighted by molar-refractivity contribution is -0.128. The first-order chi connectivity index (χ1) is 15.1. The minimum atomic E-state index is -0.401. The van der Waals surface area contributed by atoms with Crippen molar-refractivity contribution in [2.75, 3.05) is 18.0 Å². The fraction of sp³-hybridized carbons (Fsp3) is 0.261. The van der Waals surface area contributed by atoms with Gasteiger partial charge in [0.2, 0.25) is 5.91 Å². The highest BCUT2D eigenvalue weighted by molar-refractivity contribution is 5.85. The van der Waals surface area contributed by atoms with Gasteiger partial charge in [-0.1, -0.05) is 30.3 Å². The smallest absolute Gasteiger partial charge is 0.257 e. The zero-order valence-electron chi connectivity index (χ0n) is 16.9. The number of amides is 2. The van der Waals surface area contributed by atoms with Gasteiger partial charge in [0.1, 0.15) is 5.82 Å². The fourth-order valence-corrected chi connectivity index (χ4v) is 3.62. The molecule has 0 bridgehead atoms. The molecule has 160 valence electrons. The first-order valence-corrected chi connectivity index (χ1v) is 10.2. The second kappa shape index (κ2) is 9.42. The van der Waals surface area contributed by atoms with Crippen LogP contribution in [0.4, 0.5) is 10.1 Å². The number of halogens is 1. The Balaban J connectivity index is 1.23. The van der Waals surface area contributed by atoms with Gasteiger partial charge in [-0.15, -0.1) is 0 Å². The molecule has 0 radical (unpaired) electrons. The summed E-state index contributed by atoms with van der Waals surface area (Å²) in [6, 6.07) is 14.3. The van der Waals surface area contributed by atoms with Crippen LogP contribution in [0.2, 0.25) is 0 Å². The van der Waals surface area contributed by atoms with Crippen molar-refractivity contribution in [2.24, 2.45) is 0 Å². The summed E-state index contributed by atoms with van der Waals surface area (Å²) in [6.45, 7) is 0.968. The van der Waals surface area contributed by atoms with Gasteiger partial charge in [0.05, 0.1) is 18.3 Å². The summed E-state index contributed by atoms with van der Waals surface area (Å²) >= 11 is 0. The van der Waals surface area contributed by atoms with Crippen molar-refractivity contribution in [3.05, 3.63) is 72.0 Å². The molecule has 4 rings (SSSR count). The van der Waals surface area contributed by atoms with Crippen LogP contribution in [-0.4, -0.2) is 29.9 Å². The van der Waals surface area contributed by atoms with E-state index >= 15 is 0 Å². The number of rotatable bonds is 6. The summed E-state index contributed by atoms with van der Waals surface area (Å²) in [5, 5.41) is 0. The number of oxazole rings is 1. The summed E-state index contributed by atoms with van der Waals surface area (Å²) in [4.78, 5) is 30.4. The largest absolute Gasteiger partial charge is 0.441 e. The Labute approximate surface area is 179 Å². The lowest BCUT2D eigenvalue weighted by Crippen LogP contribution is -2.47. The Morgan fingerprint density at radius 2 is 1.84 bits per heavy atom. The first-order valence-electron chi connectivity index (χ1n) is 10.2. The van der Waals surface area contributed by atoms with Crippen LogP contribution in [0.25, 0.3) is 11.3 Å². The zero-order valence-corrected chi connectivity index (χ0v) is 16.9. The van der Waals surface area contributed by atoms with Crippen LogP contribution in [0.15, 0.2) is 59.1 Å². The molecule has 0 fully saturated rings. The molecule has 2 amide bonds. The highest BCUT2D eigenvalue weighted by atomic mass is 19.1. The van der Waals surface area contributed by atoms with E-state index in [4.69, 9.17) is 4.42 Å². The van der Waals surface area contributed by atoms with Crippen molar-refractivity contribution in [3.63, 3.8) is 0 Å². The van der Waals surface area contributed by atoms with Crippen LogP contribution in [0, 0.1) is 5.82 Å². The summed E-state index contributed by atoms with van der Waals surface area (Å²) in [6.07, 6.45) is 3.73. The van der Waals surface area contributed by atoms with Crippen LogP contribution in [0.5, 0.6) is 0 Å². The molecule has 0 aliphatic carbocycles. The minimum absolute atomic E-state index is 0.0735. The quantitative estimate of drug-likeness (QED) is 0.597. The van der Waals surface area contributed by atoms with Crippen LogP contribution >= 0.6 is 0 Å². The number of hydrogen-bond acceptors (Lipinski definition) is 5. The SMILES string of the molecule is O=C(CCc1ncc(-c2ccccc2F)o1)NNC(=O)CN1CCCc2ccccc21. The van der Waals surface area contributed by atoms with E-state index in [0.717, 1.165) is 25.1 Å². The van der Waals surface area contributed by atoms with Crippen molar-refractivity contribution in [2.45, 2.75) is 25.7 Å². The second-order valence-electron chi connectivity index (χ2n) is 7.35. The summed E-state index contributed by atoms with van der Waals surface area (Å²) in [7, 11) is 0. The van der Waals surface area contributed by atoms with Crippen molar-refractivity contribution in [3.8, 4) is 11.3 Å². The zero-order chi connectivity index (χ0) is 21.6. The predicted molar refractivity (Wildman–Crippen MR) is 113 cm³/mol. The van der Waals surface area contributed by atoms with Gasteiger partial charge in [-0.2, -0.15) is 0 Å². The Kier molecular flexibility index (Phi) is 6.26. The number of carbonyl (C=O) groups is 2. The lowest BCUT2D eigenvalue weighted by atomic mass is 10.0. The summed E-state index contributed by atoms with van der Waals surface area (Å²) < 4.78 is 19.4. The number of aromatic nitrogens is 1. The number of hydrogen-bond donors (Lipinski definition) is 2. The molecule has 31 heavy (non-hydrogen) atoms. The Bertz CT molecular complexity index is 1080. The maximum atomic E-state index is 13.8. The third-order valence-corrected chi connectivity index (χ3v) is 5.14. The number of hydrazine groups is 1. The van der Waals surface area contributed by atoms with Gasteiger partial charge in [0, 0.05) is 25.1 Å². The van der Waals surface area contributed by atoms with Gasteiger partial charge in [-0.3, -0.25) is 20.4 Å². The third kappa shape index (κ3) is 5.09. The average molecular weight is 422 g/mol. The summed E-state index contributed by atoms with van der Waals surface area (Å²) in [5.41, 5.74) is 7.48. The molecule has 0 atom stereocenters. The molecule has 0 saturated heterocycles. The number of carbonyl (C=O) groups excluding carboxylic acids is 2. The number of fused-ring (bicyclic) bond motifs is 1. The fourth-order valence-electron chi connectivity index (χ4n) is 3.62. The van der Waals surface area contributed by atoms with Gasteiger partial charge in [0.25, 0.3) is 5.91 Å². The first kappa shape index (κ1) is 20.6. The molecule has 1 aliphatic rings. The van der Waals surface area contributed by atoms with E-state index in [0.29, 0.717) is 17.2 Å². The minimum Gasteiger partial charge on any atom is -0.441 e. The van der Waals surface area contributed by atoms with Crippen molar-refractivity contribution >= 4 is 17.5 Å². The van der Waals surface area contributed by atoms with Crippen molar-refractivity contribution in [1.29, 1.82) is 0 Å². The molecule has 2 N–H and O–H groups in total. The lowest BCUT2D eigenvalue weighted by Gasteiger charge is -2.30. The third-order valence-electron chi connectivity index (χ3n) is 5.14. The van der Waals surface area contributed by atoms with Crippen LogP contribution < -0.4 is 15.8 Å². The van der Waals surface area contributed by atoms with E-state index in [9.17, 15) is 14.0 Å². The Morgan fingerprint density at radius 3 is 2.71 bits per heavy atom. The monoisotopic (exact) mass is 422 g/mol. The number of nitrogens with zero attached hydrogens (tertiary/aromatic N) is 2. The van der Waals surface area contributed by atoms with Gasteiger partial charge < -0.3 is 9.32 Å². The van der Waals surface area contributed by atoms with Crippen LogP contribution in [0.3, 0.4) is 0 Å². The van der Waals surface area contributed by atoms with Gasteiger partial charge in [-0.05, 0) is 36.6 Å². The maximum Gasteiger partial charge on any atom is 0.257 e. The van der Waals surface area contributed by atoms with E-state index < -0.39 is 5.82 Å². The number of benzene rings is 2. The van der Waals surface area contributed by atoms with Gasteiger partial charge in [0.15, 0.2) is 11.7 Å². The average Bonchev–Trinajstić information content (AvgIpc) is 3.26. The molecular formula is C23H23FN4O3. The molecule has 8 heteroatoms. The standard InChI is InChI=1S/C23H23FN4O3/c24-18-9-3-2-8-17(18)20-14-25-23(31-20)12-11-21(29)26-27-22(30)15-28-13-5-7-16-6-1-4-10-19(16)28/h1-4,6,8-10,14H,5,7,11-13,15H2,(H,26,29)(H,27,30). The van der Waals surface area contributed by atoms with E-state index in [1.165, 1.54) is 17.8 Å². The Morgan fingerprint density at radius 1 is 1.06 bits per heavy atom. The van der Waals surface area contributed by atoms with E-state index in [2.05, 4.69) is 21.9 Å². The van der Waals surface area contributed by atoms with Crippen LogP contribution in [0.1, 0.15) is 24.3 Å². The molecule has 1 aliphatic heterocycles. The number of aryl methyl sites for hydroxylation is 2. The van der Waals surface area contributed by atoms with E-state index in [1.807, 2.05) is 23.1 Å². The molecule has 0 saturated carbocycles. The number of para-hydroxylation sites is 1. The molecule has 3 aromatic rings. The van der Waals surface area contributed by atoms with E-state index in [-0.39, 0.29) is 31.2 Å². The number of nitrogens with one attached hydrogen (secondary N) is 2. The molecular weight excluding hydrogens is 399 g/mol. The number of anilines is 1. The predicted octanol–water partition coefficient (Wildman–Crippen LogP) is 3.01. The molecule has 0 unspecified atom stereocenters.